The molecule has 0 aromatic heterocycles. The smallest absolute Gasteiger partial charge is 0.242 e. The number of benzene rings is 2. The molecule has 2 aromatic rings. The highest BCUT2D eigenvalue weighted by molar-refractivity contribution is 5.86. The molecule has 6 heteroatoms. The SMILES string of the molecule is O=C(Cc1ccc(F)cc1)NNC(=O)C1CC1c1ccccc1F. The predicted molar refractivity (Wildman–Crippen MR) is 83.6 cm³/mol. The third-order valence-electron chi connectivity index (χ3n) is 4.03. The van der Waals surface area contributed by atoms with E-state index >= 15 is 0 Å². The Morgan fingerprint density at radius 2 is 1.71 bits per heavy atom. The molecule has 124 valence electrons. The standard InChI is InChI=1S/C18H16F2N2O2/c19-12-7-5-11(6-8-12)9-17(23)21-22-18(24)15-10-14(15)13-3-1-2-4-16(13)20/h1-8,14-15H,9-10H2,(H,21,23)(H,22,24). The minimum absolute atomic E-state index is 0.0297. The van der Waals surface area contributed by atoms with Gasteiger partial charge in [0.15, 0.2) is 0 Å². The number of carbonyl (C=O) groups excluding carboxylic acids is 2. The van der Waals surface area contributed by atoms with Gasteiger partial charge in [-0.1, -0.05) is 30.3 Å². The first kappa shape index (κ1) is 16.1. The lowest BCUT2D eigenvalue weighted by Gasteiger charge is -2.07. The summed E-state index contributed by atoms with van der Waals surface area (Å²) in [7, 11) is 0. The Bertz CT molecular complexity index is 762. The molecule has 1 aliphatic carbocycles. The molecular weight excluding hydrogens is 314 g/mol. The van der Waals surface area contributed by atoms with E-state index in [1.165, 1.54) is 30.3 Å². The molecule has 2 aromatic carbocycles. The molecule has 2 atom stereocenters. The fourth-order valence-corrected chi connectivity index (χ4v) is 2.66. The number of amides is 2. The third kappa shape index (κ3) is 3.76. The molecule has 1 aliphatic rings. The van der Waals surface area contributed by atoms with Crippen LogP contribution in [0.4, 0.5) is 8.78 Å². The van der Waals surface area contributed by atoms with Gasteiger partial charge in [0.1, 0.15) is 11.6 Å². The van der Waals surface area contributed by atoms with Crippen LogP contribution in [-0.4, -0.2) is 11.8 Å². The molecule has 2 N–H and O–H groups in total. The average molecular weight is 330 g/mol. The van der Waals surface area contributed by atoms with Crippen molar-refractivity contribution in [3.63, 3.8) is 0 Å². The Hall–Kier alpha value is -2.76. The normalized spacial score (nSPS) is 18.8. The molecule has 24 heavy (non-hydrogen) atoms. The van der Waals surface area contributed by atoms with Gasteiger partial charge in [-0.05, 0) is 41.7 Å². The van der Waals surface area contributed by atoms with Crippen LogP contribution in [-0.2, 0) is 16.0 Å². The van der Waals surface area contributed by atoms with Gasteiger partial charge < -0.3 is 0 Å². The van der Waals surface area contributed by atoms with Crippen molar-refractivity contribution in [2.75, 3.05) is 0 Å². The van der Waals surface area contributed by atoms with Gasteiger partial charge in [0.25, 0.3) is 0 Å². The Kier molecular flexibility index (Phi) is 4.55. The molecule has 2 unspecified atom stereocenters. The molecule has 0 heterocycles. The van der Waals surface area contributed by atoms with E-state index in [1.807, 2.05) is 0 Å². The van der Waals surface area contributed by atoms with Crippen LogP contribution in [0.3, 0.4) is 0 Å². The van der Waals surface area contributed by atoms with Gasteiger partial charge in [0.05, 0.1) is 6.42 Å². The number of carbonyl (C=O) groups is 2. The maximum Gasteiger partial charge on any atom is 0.242 e. The first-order valence-electron chi connectivity index (χ1n) is 7.62. The first-order chi connectivity index (χ1) is 11.5. The van der Waals surface area contributed by atoms with Gasteiger partial charge in [0.2, 0.25) is 11.8 Å². The van der Waals surface area contributed by atoms with Crippen molar-refractivity contribution >= 4 is 11.8 Å². The molecule has 0 aliphatic heterocycles. The minimum atomic E-state index is -0.405. The van der Waals surface area contributed by atoms with Crippen LogP contribution in [0.2, 0.25) is 0 Å². The Morgan fingerprint density at radius 3 is 2.42 bits per heavy atom. The summed E-state index contributed by atoms with van der Waals surface area (Å²) in [6.07, 6.45) is 0.586. The van der Waals surface area contributed by atoms with Gasteiger partial charge >= 0.3 is 0 Å². The highest BCUT2D eigenvalue weighted by atomic mass is 19.1. The van der Waals surface area contributed by atoms with E-state index in [0.717, 1.165) is 0 Å². The third-order valence-corrected chi connectivity index (χ3v) is 4.03. The van der Waals surface area contributed by atoms with E-state index in [9.17, 15) is 18.4 Å². The maximum atomic E-state index is 13.7. The van der Waals surface area contributed by atoms with E-state index in [-0.39, 0.29) is 35.8 Å². The van der Waals surface area contributed by atoms with Crippen molar-refractivity contribution in [3.05, 3.63) is 71.3 Å². The van der Waals surface area contributed by atoms with E-state index in [2.05, 4.69) is 10.9 Å². The molecule has 2 amide bonds. The molecule has 0 bridgehead atoms. The lowest BCUT2D eigenvalue weighted by molar-refractivity contribution is -0.129. The lowest BCUT2D eigenvalue weighted by atomic mass is 10.1. The van der Waals surface area contributed by atoms with E-state index in [0.29, 0.717) is 17.5 Å². The summed E-state index contributed by atoms with van der Waals surface area (Å²) in [6, 6.07) is 11.9. The van der Waals surface area contributed by atoms with Gasteiger partial charge in [-0.3, -0.25) is 20.4 Å². The summed E-state index contributed by atoms with van der Waals surface area (Å²) in [5.74, 6) is -1.93. The van der Waals surface area contributed by atoms with Gasteiger partial charge in [-0.2, -0.15) is 0 Å². The second kappa shape index (κ2) is 6.78. The zero-order chi connectivity index (χ0) is 17.1. The molecular formula is C18H16F2N2O2. The molecule has 0 spiro atoms. The summed E-state index contributed by atoms with van der Waals surface area (Å²) >= 11 is 0. The highest BCUT2D eigenvalue weighted by Gasteiger charge is 2.45. The summed E-state index contributed by atoms with van der Waals surface area (Å²) in [5.41, 5.74) is 5.85. The Labute approximate surface area is 137 Å². The second-order valence-corrected chi connectivity index (χ2v) is 5.81. The number of rotatable bonds is 4. The lowest BCUT2D eigenvalue weighted by Crippen LogP contribution is -2.43. The largest absolute Gasteiger partial charge is 0.273 e. The molecule has 0 saturated heterocycles. The van der Waals surface area contributed by atoms with E-state index in [1.54, 1.807) is 18.2 Å². The quantitative estimate of drug-likeness (QED) is 0.846. The van der Waals surface area contributed by atoms with Crippen LogP contribution in [0.15, 0.2) is 48.5 Å². The number of halogens is 2. The Morgan fingerprint density at radius 1 is 1.00 bits per heavy atom. The van der Waals surface area contributed by atoms with Crippen molar-refractivity contribution in [2.45, 2.75) is 18.8 Å². The van der Waals surface area contributed by atoms with E-state index < -0.39 is 5.91 Å². The van der Waals surface area contributed by atoms with Crippen LogP contribution in [0, 0.1) is 17.6 Å². The van der Waals surface area contributed by atoms with Crippen LogP contribution >= 0.6 is 0 Å². The summed E-state index contributed by atoms with van der Waals surface area (Å²) in [5, 5.41) is 0. The van der Waals surface area contributed by atoms with Gasteiger partial charge in [-0.25, -0.2) is 8.78 Å². The minimum Gasteiger partial charge on any atom is -0.273 e. The average Bonchev–Trinajstić information content (AvgIpc) is 3.36. The van der Waals surface area contributed by atoms with Crippen molar-refractivity contribution in [3.8, 4) is 0 Å². The monoisotopic (exact) mass is 330 g/mol. The summed E-state index contributed by atoms with van der Waals surface area (Å²) in [6.45, 7) is 0. The van der Waals surface area contributed by atoms with Crippen LogP contribution < -0.4 is 10.9 Å². The van der Waals surface area contributed by atoms with Crippen LogP contribution in [0.25, 0.3) is 0 Å². The predicted octanol–water partition coefficient (Wildman–Crippen LogP) is 2.46. The number of hydrogen-bond donors (Lipinski definition) is 2. The number of hydrogen-bond acceptors (Lipinski definition) is 2. The zero-order valence-corrected chi connectivity index (χ0v) is 12.8. The number of nitrogens with one attached hydrogen (secondary N) is 2. The summed E-state index contributed by atoms with van der Waals surface area (Å²) < 4.78 is 26.5. The highest BCUT2D eigenvalue weighted by Crippen LogP contribution is 2.48. The van der Waals surface area contributed by atoms with Crippen molar-refractivity contribution < 1.29 is 18.4 Å². The number of hydrazine groups is 1. The van der Waals surface area contributed by atoms with Crippen molar-refractivity contribution in [2.24, 2.45) is 5.92 Å². The molecule has 4 nitrogen and oxygen atoms in total. The zero-order valence-electron chi connectivity index (χ0n) is 12.8. The first-order valence-corrected chi connectivity index (χ1v) is 7.62. The molecule has 1 saturated carbocycles. The van der Waals surface area contributed by atoms with Crippen LogP contribution in [0.1, 0.15) is 23.5 Å². The fraction of sp³-hybridized carbons (Fsp3) is 0.222. The second-order valence-electron chi connectivity index (χ2n) is 5.81. The topological polar surface area (TPSA) is 58.2 Å². The molecule has 0 radical (unpaired) electrons. The Balaban J connectivity index is 1.47. The van der Waals surface area contributed by atoms with Crippen molar-refractivity contribution in [1.82, 2.24) is 10.9 Å². The maximum absolute atomic E-state index is 13.7. The van der Waals surface area contributed by atoms with Crippen LogP contribution in [0.5, 0.6) is 0 Å². The van der Waals surface area contributed by atoms with Gasteiger partial charge in [0, 0.05) is 5.92 Å². The molecule has 1 fully saturated rings. The summed E-state index contributed by atoms with van der Waals surface area (Å²) in [4.78, 5) is 23.8. The van der Waals surface area contributed by atoms with E-state index in [4.69, 9.17) is 0 Å². The fourth-order valence-electron chi connectivity index (χ4n) is 2.66. The van der Waals surface area contributed by atoms with Crippen molar-refractivity contribution in [1.29, 1.82) is 0 Å². The molecule has 3 rings (SSSR count). The van der Waals surface area contributed by atoms with Gasteiger partial charge in [-0.15, -0.1) is 0 Å².